The molecule has 12 aromatic rings. The number of anilines is 4. The number of aryl methyl sites for hydroxylation is 8. The van der Waals surface area contributed by atoms with E-state index in [1.165, 1.54) is 62.8 Å². The zero-order valence-electron chi connectivity index (χ0n) is 66.6. The van der Waals surface area contributed by atoms with Crippen molar-refractivity contribution in [2.45, 2.75) is 121 Å². The lowest BCUT2D eigenvalue weighted by Gasteiger charge is -2.13. The van der Waals surface area contributed by atoms with Gasteiger partial charge in [-0.3, -0.25) is 82.5 Å². The van der Waals surface area contributed by atoms with Crippen molar-refractivity contribution in [1.82, 2.24) is 77.3 Å². The van der Waals surface area contributed by atoms with Gasteiger partial charge in [-0.15, -0.1) is 0 Å². The molecule has 620 valence electrons. The zero-order chi connectivity index (χ0) is 85.1. The van der Waals surface area contributed by atoms with Crippen LogP contribution in [0.25, 0.3) is 44.1 Å². The number of aliphatic hydroxyl groups excluding tert-OH is 1. The Bertz CT molecular complexity index is 6090. The molecule has 41 heteroatoms. The topological polar surface area (TPSA) is 532 Å². The third kappa shape index (κ3) is 19.0. The zero-order valence-corrected chi connectivity index (χ0v) is 67.4. The number of methoxy groups -OCH3 is 2. The fraction of sp³-hybridized carbons (Fsp3) is 0.325. The number of ether oxygens (including phenoxy) is 4. The maximum absolute atomic E-state index is 13.7. The van der Waals surface area contributed by atoms with Crippen LogP contribution in [-0.4, -0.2) is 185 Å². The molecule has 12 rings (SSSR count). The number of carbonyl (C=O) groups excluding carboxylic acids is 8. The van der Waals surface area contributed by atoms with Gasteiger partial charge in [0, 0.05) is 94.1 Å². The molecular formula is C77H90N24O16S. The van der Waals surface area contributed by atoms with Crippen LogP contribution in [0, 0.1) is 27.7 Å². The maximum atomic E-state index is 13.7. The summed E-state index contributed by atoms with van der Waals surface area (Å²) in [5.41, 5.74) is 30.1. The van der Waals surface area contributed by atoms with E-state index in [0.29, 0.717) is 123 Å². The molecule has 0 saturated carbocycles. The van der Waals surface area contributed by atoms with Gasteiger partial charge >= 0.3 is 0 Å². The largest absolute Gasteiger partial charge is 0.494 e. The van der Waals surface area contributed by atoms with E-state index in [-0.39, 0.29) is 128 Å². The molecule has 118 heavy (non-hydrogen) atoms. The number of hydrogen-bond acceptors (Lipinski definition) is 24. The van der Waals surface area contributed by atoms with Crippen LogP contribution in [-0.2, 0) is 66.7 Å². The van der Waals surface area contributed by atoms with Crippen molar-refractivity contribution in [1.29, 1.82) is 0 Å². The van der Waals surface area contributed by atoms with Crippen LogP contribution in [0.2, 0.25) is 0 Å². The monoisotopic (exact) mass is 1640 g/mol. The van der Waals surface area contributed by atoms with E-state index < -0.39 is 57.4 Å². The van der Waals surface area contributed by atoms with Gasteiger partial charge in [-0.1, -0.05) is 24.3 Å². The number of imidazole rings is 4. The summed E-state index contributed by atoms with van der Waals surface area (Å²) in [6.07, 6.45) is 8.63. The summed E-state index contributed by atoms with van der Waals surface area (Å²) >= 11 is 0. The van der Waals surface area contributed by atoms with Crippen molar-refractivity contribution in [3.05, 3.63) is 165 Å². The Balaban J connectivity index is 0.000000232. The molecule has 0 aliphatic heterocycles. The minimum atomic E-state index is -3.68. The highest BCUT2D eigenvalue weighted by Crippen LogP contribution is 2.37. The quantitative estimate of drug-likeness (QED) is 0.0118. The van der Waals surface area contributed by atoms with Crippen LogP contribution in [0.15, 0.2) is 97.1 Å². The van der Waals surface area contributed by atoms with Gasteiger partial charge < -0.3 is 65.3 Å². The van der Waals surface area contributed by atoms with Crippen molar-refractivity contribution in [2.75, 3.05) is 68.2 Å². The number of aliphatic hydroxyl groups is 1. The van der Waals surface area contributed by atoms with Crippen molar-refractivity contribution in [3.8, 4) is 23.0 Å². The molecule has 8 heterocycles. The summed E-state index contributed by atoms with van der Waals surface area (Å²) in [6.45, 7) is 16.8. The molecule has 0 radical (unpaired) electrons. The predicted octanol–water partition coefficient (Wildman–Crippen LogP) is 6.31. The van der Waals surface area contributed by atoms with Crippen molar-refractivity contribution in [2.24, 2.45) is 22.9 Å². The first-order chi connectivity index (χ1) is 56.4. The van der Waals surface area contributed by atoms with E-state index in [1.54, 1.807) is 101 Å². The summed E-state index contributed by atoms with van der Waals surface area (Å²) in [4.78, 5) is 122. The first-order valence-corrected chi connectivity index (χ1v) is 39.1. The Kier molecular flexibility index (Phi) is 26.3. The molecule has 13 N–H and O–H groups in total. The molecule has 0 aliphatic rings. The Morgan fingerprint density at radius 2 is 0.653 bits per heavy atom. The summed E-state index contributed by atoms with van der Waals surface area (Å²) in [5, 5.41) is 38.5. The number of fused-ring (bicyclic) bond motifs is 4. The molecule has 0 fully saturated rings. The van der Waals surface area contributed by atoms with Gasteiger partial charge in [-0.05, 0) is 128 Å². The number of carbonyl (C=O) groups is 8. The van der Waals surface area contributed by atoms with Crippen molar-refractivity contribution < 1.29 is 75.0 Å². The van der Waals surface area contributed by atoms with Gasteiger partial charge in [-0.25, -0.2) is 19.9 Å². The smallest absolute Gasteiger partial charge is 0.276 e. The summed E-state index contributed by atoms with van der Waals surface area (Å²) in [5.74, 6) is -3.07. The van der Waals surface area contributed by atoms with E-state index in [1.807, 2.05) is 39.8 Å². The van der Waals surface area contributed by atoms with Crippen molar-refractivity contribution in [3.63, 3.8) is 0 Å². The number of nitrogens with one attached hydrogen (secondary N) is 4. The van der Waals surface area contributed by atoms with Crippen molar-refractivity contribution >= 4 is 125 Å². The molecule has 4 aromatic carbocycles. The molecule has 0 saturated heterocycles. The number of aromatic nitrogens is 16. The minimum Gasteiger partial charge on any atom is -0.494 e. The first-order valence-electron chi connectivity index (χ1n) is 37.3. The molecule has 8 amide bonds. The van der Waals surface area contributed by atoms with Gasteiger partial charge in [0.2, 0.25) is 47.4 Å². The second kappa shape index (κ2) is 36.6. The van der Waals surface area contributed by atoms with E-state index in [2.05, 4.69) is 61.6 Å². The van der Waals surface area contributed by atoms with Gasteiger partial charge in [0.15, 0.2) is 0 Å². The molecule has 8 aromatic heterocycles. The van der Waals surface area contributed by atoms with E-state index in [9.17, 15) is 51.9 Å². The standard InChI is InChI=1S/C39H46N12O9S.C38H44N12O7/c1-7-50-28(16-22(3)46-50)36(54)44-38-42-26-18-24(34(40)52)20-30(58-5)32(26)48(38)12-9-10-13-49-33-27(43-39(49)45-37(55)29-17-23(4)47-51(29)8-2)19-25(35(41)53)21-31(33)59-14-11-15-60-61(6,56)57;1-6-49-27(15-21(3)45-49)35(54)43-37-41-25-17-23(33(39)52)19-29(56-5)31(25)47(37)11-8-9-12-48-32-26(18-24(34(40)53)20-30(32)57-14-10-13-51)42-38(48)44-36(55)28-16-22(4)46-50(28)7-2/h9-10,16-21H,7-8,11-15H2,1-6H3,(H2,40,52)(H2,41,53)(H,42,44,54)(H,43,45,55);8-9,15-20,51H,6-7,10-14H2,1-5H3,(H2,39,52)(H2,40,53)(H,41,43,54)(H,42,44,55)/b10-9+;9-8+. The minimum absolute atomic E-state index is 0.00930. The number of rotatable bonds is 36. The number of hydrogen-bond donors (Lipinski definition) is 9. The van der Waals surface area contributed by atoms with E-state index in [0.717, 1.165) is 6.26 Å². The van der Waals surface area contributed by atoms with Gasteiger partial charge in [-0.2, -0.15) is 28.8 Å². The summed E-state index contributed by atoms with van der Waals surface area (Å²) in [6, 6.07) is 18.6. The number of benzene rings is 4. The fourth-order valence-corrected chi connectivity index (χ4v) is 13.5. The van der Waals surface area contributed by atoms with Gasteiger partial charge in [0.1, 0.15) is 67.8 Å². The van der Waals surface area contributed by atoms with E-state index >= 15 is 0 Å². The lowest BCUT2D eigenvalue weighted by atomic mass is 10.1. The lowest BCUT2D eigenvalue weighted by Crippen LogP contribution is -2.20. The molecule has 0 bridgehead atoms. The number of nitrogens with zero attached hydrogens (tertiary/aromatic N) is 16. The maximum Gasteiger partial charge on any atom is 0.276 e. The molecule has 0 atom stereocenters. The number of allylic oxidation sites excluding steroid dienone is 4. The van der Waals surface area contributed by atoms with Gasteiger partial charge in [0.25, 0.3) is 33.7 Å². The normalized spacial score (nSPS) is 11.6. The van der Waals surface area contributed by atoms with E-state index in [4.69, 9.17) is 46.1 Å². The average molecular weight is 1640 g/mol. The molecule has 40 nitrogen and oxygen atoms in total. The third-order valence-electron chi connectivity index (χ3n) is 18.3. The second-order valence-corrected chi connectivity index (χ2v) is 28.4. The Morgan fingerprint density at radius 3 is 0.890 bits per heavy atom. The van der Waals surface area contributed by atoms with Crippen LogP contribution in [0.4, 0.5) is 23.8 Å². The second-order valence-electron chi connectivity index (χ2n) is 26.8. The number of nitrogens with two attached hydrogens (primary N) is 4. The summed E-state index contributed by atoms with van der Waals surface area (Å²) in [7, 11) is -0.793. The predicted molar refractivity (Wildman–Crippen MR) is 435 cm³/mol. The highest BCUT2D eigenvalue weighted by molar-refractivity contribution is 7.86. The van der Waals surface area contributed by atoms with Crippen LogP contribution < -0.4 is 63.1 Å². The van der Waals surface area contributed by atoms with Gasteiger partial charge in [0.05, 0.1) is 85.1 Å². The van der Waals surface area contributed by atoms with Crippen LogP contribution >= 0.6 is 0 Å². The fourth-order valence-electron chi connectivity index (χ4n) is 13.1. The summed E-state index contributed by atoms with van der Waals surface area (Å²) < 4.78 is 64.4. The lowest BCUT2D eigenvalue weighted by molar-refractivity contribution is 0.0991. The molecule has 0 spiro atoms. The number of primary amides is 4. The Morgan fingerprint density at radius 1 is 0.398 bits per heavy atom. The first kappa shape index (κ1) is 84.8. The molecular weight excluding hydrogens is 1550 g/mol. The van der Waals surface area contributed by atoms with Crippen LogP contribution in [0.3, 0.4) is 0 Å². The van der Waals surface area contributed by atoms with Crippen LogP contribution in [0.5, 0.6) is 23.0 Å². The highest BCUT2D eigenvalue weighted by Gasteiger charge is 2.28. The molecule has 0 aliphatic carbocycles. The SMILES string of the molecule is CCn1nc(C)cc1C(=O)Nc1nc2cc(C(N)=O)cc(OC)c2n1C/C=C/Cn1c(NC(=O)c2cc(C)nn2CC)nc2cc(C(N)=O)cc(OCCCO)c21.CCn1nc(C)cc1C(=O)Nc1nc2cc(C(N)=O)cc(OC)c2n1C/C=C/Cn1c(NC(=O)c2cc(C)nn2CC)nc2cc(C(N)=O)cc(OCCCOS(C)(=O)=O)c21. The Hall–Kier alpha value is -14.1. The Labute approximate surface area is 674 Å². The average Bonchev–Trinajstić information content (AvgIpc) is 1.63. The number of amides is 8. The highest BCUT2D eigenvalue weighted by atomic mass is 32.2. The van der Waals surface area contributed by atoms with Crippen LogP contribution in [0.1, 0.15) is 147 Å². The molecule has 0 unspecified atom stereocenters. The third-order valence-corrected chi connectivity index (χ3v) is 18.9.